The Balaban J connectivity index is 1.97. The molecule has 0 saturated carbocycles. The number of Topliss-reactive ketones (excluding diaryl/α,β-unsaturated/α-hetero) is 1. The van der Waals surface area contributed by atoms with E-state index in [1.807, 2.05) is 38.1 Å². The predicted molar refractivity (Wildman–Crippen MR) is 82.1 cm³/mol. The largest absolute Gasteiger partial charge is 0.491 e. The Morgan fingerprint density at radius 2 is 2.00 bits per heavy atom. The fraction of sp³-hybridized carbons (Fsp3) is 0.412. The van der Waals surface area contributed by atoms with Crippen LogP contribution in [-0.2, 0) is 9.59 Å². The van der Waals surface area contributed by atoms with Crippen molar-refractivity contribution in [2.24, 2.45) is 0 Å². The summed E-state index contributed by atoms with van der Waals surface area (Å²) in [5, 5.41) is 0. The van der Waals surface area contributed by atoms with Gasteiger partial charge in [-0.1, -0.05) is 12.1 Å². The topological polar surface area (TPSA) is 46.6 Å². The van der Waals surface area contributed by atoms with Crippen molar-refractivity contribution in [1.82, 2.24) is 4.90 Å². The van der Waals surface area contributed by atoms with Crippen LogP contribution in [0.3, 0.4) is 0 Å². The molecule has 0 aromatic heterocycles. The first-order chi connectivity index (χ1) is 10.0. The second-order valence-corrected chi connectivity index (χ2v) is 5.44. The van der Waals surface area contributed by atoms with E-state index < -0.39 is 0 Å². The monoisotopic (exact) mass is 287 g/mol. The van der Waals surface area contributed by atoms with E-state index in [9.17, 15) is 9.59 Å². The number of rotatable bonds is 4. The zero-order valence-corrected chi connectivity index (χ0v) is 12.5. The third kappa shape index (κ3) is 4.74. The molecular weight excluding hydrogens is 266 g/mol. The predicted octanol–water partition coefficient (Wildman–Crippen LogP) is 2.68. The summed E-state index contributed by atoms with van der Waals surface area (Å²) in [6.45, 7) is 5.00. The summed E-state index contributed by atoms with van der Waals surface area (Å²) in [5.41, 5.74) is 0.926. The summed E-state index contributed by atoms with van der Waals surface area (Å²) in [6, 6.07) is 7.64. The highest BCUT2D eigenvalue weighted by Crippen LogP contribution is 2.16. The van der Waals surface area contributed by atoms with Crippen molar-refractivity contribution in [3.8, 4) is 5.75 Å². The second-order valence-electron chi connectivity index (χ2n) is 5.44. The van der Waals surface area contributed by atoms with Crippen molar-refractivity contribution in [2.75, 3.05) is 13.1 Å². The van der Waals surface area contributed by atoms with Crippen molar-refractivity contribution < 1.29 is 14.3 Å². The van der Waals surface area contributed by atoms with Gasteiger partial charge in [0, 0.05) is 32.0 Å². The van der Waals surface area contributed by atoms with Crippen molar-refractivity contribution in [2.45, 2.75) is 32.8 Å². The number of piperidine rings is 1. The van der Waals surface area contributed by atoms with E-state index in [1.165, 1.54) is 0 Å². The van der Waals surface area contributed by atoms with Gasteiger partial charge in [-0.15, -0.1) is 0 Å². The number of benzene rings is 1. The minimum absolute atomic E-state index is 0.0438. The highest BCUT2D eigenvalue weighted by atomic mass is 16.5. The lowest BCUT2D eigenvalue weighted by molar-refractivity contribution is -0.130. The molecule has 1 heterocycles. The molecule has 4 heteroatoms. The molecule has 1 aliphatic heterocycles. The first-order valence-electron chi connectivity index (χ1n) is 7.30. The molecule has 1 amide bonds. The maximum atomic E-state index is 12.0. The van der Waals surface area contributed by atoms with E-state index in [0.717, 1.165) is 11.3 Å². The quantitative estimate of drug-likeness (QED) is 0.800. The minimum Gasteiger partial charge on any atom is -0.491 e. The van der Waals surface area contributed by atoms with E-state index in [2.05, 4.69) is 0 Å². The van der Waals surface area contributed by atoms with Gasteiger partial charge < -0.3 is 9.64 Å². The van der Waals surface area contributed by atoms with Crippen LogP contribution >= 0.6 is 0 Å². The summed E-state index contributed by atoms with van der Waals surface area (Å²) in [5.74, 6) is 0.988. The van der Waals surface area contributed by atoms with E-state index in [-0.39, 0.29) is 17.8 Å². The fourth-order valence-corrected chi connectivity index (χ4v) is 2.21. The average Bonchev–Trinajstić information content (AvgIpc) is 2.45. The Morgan fingerprint density at radius 1 is 1.29 bits per heavy atom. The average molecular weight is 287 g/mol. The van der Waals surface area contributed by atoms with Crippen LogP contribution in [0.1, 0.15) is 32.3 Å². The SMILES string of the molecule is CC(C)Oc1cccc(/C=C/C(=O)N2CCC(=O)CC2)c1. The van der Waals surface area contributed by atoms with Gasteiger partial charge >= 0.3 is 0 Å². The van der Waals surface area contributed by atoms with E-state index in [1.54, 1.807) is 17.1 Å². The molecule has 0 unspecified atom stereocenters. The number of carbonyl (C=O) groups excluding carboxylic acids is 2. The number of carbonyl (C=O) groups is 2. The molecule has 0 radical (unpaired) electrons. The van der Waals surface area contributed by atoms with E-state index in [4.69, 9.17) is 4.74 Å². The Kier molecular flexibility index (Phi) is 5.14. The van der Waals surface area contributed by atoms with Crippen molar-refractivity contribution in [3.63, 3.8) is 0 Å². The van der Waals surface area contributed by atoms with Crippen LogP contribution < -0.4 is 4.74 Å². The second kappa shape index (κ2) is 7.07. The molecule has 1 saturated heterocycles. The van der Waals surface area contributed by atoms with Crippen molar-refractivity contribution in [3.05, 3.63) is 35.9 Å². The zero-order chi connectivity index (χ0) is 15.2. The summed E-state index contributed by atoms with van der Waals surface area (Å²) in [4.78, 5) is 24.9. The Labute approximate surface area is 125 Å². The lowest BCUT2D eigenvalue weighted by Gasteiger charge is -2.24. The number of amides is 1. The van der Waals surface area contributed by atoms with Crippen LogP contribution in [0.4, 0.5) is 0 Å². The van der Waals surface area contributed by atoms with Gasteiger partial charge in [0.2, 0.25) is 5.91 Å². The maximum absolute atomic E-state index is 12.0. The number of nitrogens with zero attached hydrogens (tertiary/aromatic N) is 1. The van der Waals surface area contributed by atoms with Crippen LogP contribution in [0.2, 0.25) is 0 Å². The molecule has 21 heavy (non-hydrogen) atoms. The van der Waals surface area contributed by atoms with Gasteiger partial charge in [-0.25, -0.2) is 0 Å². The summed E-state index contributed by atoms with van der Waals surface area (Å²) in [7, 11) is 0. The molecule has 1 fully saturated rings. The smallest absolute Gasteiger partial charge is 0.246 e. The van der Waals surface area contributed by atoms with Gasteiger partial charge in [0.15, 0.2) is 0 Å². The molecule has 0 atom stereocenters. The number of hydrogen-bond donors (Lipinski definition) is 0. The third-order valence-electron chi connectivity index (χ3n) is 3.28. The normalized spacial score (nSPS) is 15.8. The summed E-state index contributed by atoms with van der Waals surface area (Å²) < 4.78 is 5.62. The van der Waals surface area contributed by atoms with Crippen LogP contribution in [0.25, 0.3) is 6.08 Å². The molecule has 1 aromatic carbocycles. The molecule has 1 aliphatic rings. The lowest BCUT2D eigenvalue weighted by atomic mass is 10.1. The van der Waals surface area contributed by atoms with Crippen LogP contribution in [0, 0.1) is 0 Å². The van der Waals surface area contributed by atoms with Gasteiger partial charge in [0.25, 0.3) is 0 Å². The van der Waals surface area contributed by atoms with Gasteiger partial charge in [-0.2, -0.15) is 0 Å². The number of likely N-dealkylation sites (tertiary alicyclic amines) is 1. The van der Waals surface area contributed by atoms with Gasteiger partial charge in [0.1, 0.15) is 11.5 Å². The van der Waals surface area contributed by atoms with Crippen molar-refractivity contribution in [1.29, 1.82) is 0 Å². The van der Waals surface area contributed by atoms with Gasteiger partial charge in [-0.05, 0) is 37.6 Å². The molecule has 0 bridgehead atoms. The first kappa shape index (κ1) is 15.3. The first-order valence-corrected chi connectivity index (χ1v) is 7.30. The Bertz CT molecular complexity index is 539. The lowest BCUT2D eigenvalue weighted by Crippen LogP contribution is -2.37. The Morgan fingerprint density at radius 3 is 2.67 bits per heavy atom. The number of ether oxygens (including phenoxy) is 1. The van der Waals surface area contributed by atoms with Crippen molar-refractivity contribution >= 4 is 17.8 Å². The molecule has 2 rings (SSSR count). The van der Waals surface area contributed by atoms with Crippen LogP contribution in [0.15, 0.2) is 30.3 Å². The highest BCUT2D eigenvalue weighted by molar-refractivity contribution is 5.93. The number of ketones is 1. The zero-order valence-electron chi connectivity index (χ0n) is 12.5. The van der Waals surface area contributed by atoms with E-state index in [0.29, 0.717) is 25.9 Å². The molecule has 0 aliphatic carbocycles. The van der Waals surface area contributed by atoms with Gasteiger partial charge in [-0.3, -0.25) is 9.59 Å². The molecule has 4 nitrogen and oxygen atoms in total. The molecule has 1 aromatic rings. The highest BCUT2D eigenvalue weighted by Gasteiger charge is 2.18. The minimum atomic E-state index is -0.0438. The molecule has 0 spiro atoms. The molecular formula is C17H21NO3. The fourth-order valence-electron chi connectivity index (χ4n) is 2.21. The van der Waals surface area contributed by atoms with Crippen LogP contribution in [0.5, 0.6) is 5.75 Å². The molecule has 0 N–H and O–H groups in total. The summed E-state index contributed by atoms with van der Waals surface area (Å²) in [6.07, 6.45) is 4.40. The molecule has 112 valence electrons. The van der Waals surface area contributed by atoms with Crippen LogP contribution in [-0.4, -0.2) is 35.8 Å². The summed E-state index contributed by atoms with van der Waals surface area (Å²) >= 11 is 0. The van der Waals surface area contributed by atoms with Gasteiger partial charge in [0.05, 0.1) is 6.10 Å². The Hall–Kier alpha value is -2.10. The van der Waals surface area contributed by atoms with E-state index >= 15 is 0 Å². The number of hydrogen-bond acceptors (Lipinski definition) is 3. The maximum Gasteiger partial charge on any atom is 0.246 e. The third-order valence-corrected chi connectivity index (χ3v) is 3.28. The standard InChI is InChI=1S/C17H21NO3/c1-13(2)21-16-5-3-4-14(12-16)6-7-17(20)18-10-8-15(19)9-11-18/h3-7,12-13H,8-11H2,1-2H3/b7-6+.